The van der Waals surface area contributed by atoms with Crippen molar-refractivity contribution in [1.82, 2.24) is 19.9 Å². The van der Waals surface area contributed by atoms with Gasteiger partial charge in [-0.15, -0.1) is 0 Å². The van der Waals surface area contributed by atoms with Crippen LogP contribution in [0.15, 0.2) is 42.7 Å². The number of ether oxygens (including phenoxy) is 1. The summed E-state index contributed by atoms with van der Waals surface area (Å²) in [6, 6.07) is 12.6. The molecule has 1 saturated heterocycles. The number of aliphatic hydroxyl groups excluding tert-OH is 1. The number of imidazole rings is 1. The van der Waals surface area contributed by atoms with E-state index in [0.717, 1.165) is 24.0 Å². The fraction of sp³-hybridized carbons (Fsp3) is 0.400. The number of anilines is 1. The zero-order valence-corrected chi connectivity index (χ0v) is 20.9. The molecule has 0 spiro atoms. The Morgan fingerprint density at radius 3 is 2.65 bits per heavy atom. The number of H-pyrrole nitrogens is 1. The molecule has 2 fully saturated rings. The number of nitrogens with zero attached hydrogens (tertiary/aromatic N) is 4. The molecule has 1 saturated carbocycles. The Labute approximate surface area is 213 Å². The number of rotatable bonds is 7. The number of aliphatic hydroxyl groups is 1. The molecule has 2 aromatic carbocycles. The second kappa shape index (κ2) is 9.53. The van der Waals surface area contributed by atoms with Crippen LogP contribution in [0, 0.1) is 5.92 Å². The van der Waals surface area contributed by atoms with Crippen LogP contribution in [0.3, 0.4) is 0 Å². The van der Waals surface area contributed by atoms with Crippen molar-refractivity contribution >= 4 is 37.9 Å². The molecule has 194 valence electrons. The summed E-state index contributed by atoms with van der Waals surface area (Å²) in [6.07, 6.45) is 3.36. The Morgan fingerprint density at radius 2 is 1.86 bits per heavy atom. The first-order valence-corrected chi connectivity index (χ1v) is 13.8. The molecule has 37 heavy (non-hydrogen) atoms. The number of nitrogens with one attached hydrogen (secondary N) is 1. The Morgan fingerprint density at radius 1 is 1.08 bits per heavy atom. The fourth-order valence-electron chi connectivity index (χ4n) is 5.42. The summed E-state index contributed by atoms with van der Waals surface area (Å²) in [5.41, 5.74) is 3.22. The van der Waals surface area contributed by atoms with E-state index in [2.05, 4.69) is 54.4 Å². The lowest BCUT2D eigenvalue weighted by molar-refractivity contribution is 0.0986. The van der Waals surface area contributed by atoms with Gasteiger partial charge in [-0.3, -0.25) is 4.18 Å². The molecule has 1 aliphatic carbocycles. The van der Waals surface area contributed by atoms with E-state index < -0.39 is 22.3 Å². The van der Waals surface area contributed by atoms with Gasteiger partial charge in [0.15, 0.2) is 5.65 Å². The van der Waals surface area contributed by atoms with Crippen molar-refractivity contribution in [3.63, 3.8) is 0 Å². The van der Waals surface area contributed by atoms with Crippen LogP contribution < -0.4 is 14.8 Å². The molecule has 4 N–H and O–H groups in total. The minimum absolute atomic E-state index is 0.201. The number of aromatic amines is 1. The van der Waals surface area contributed by atoms with Gasteiger partial charge in [-0.1, -0.05) is 24.3 Å². The van der Waals surface area contributed by atoms with Crippen LogP contribution in [0.25, 0.3) is 33.3 Å². The summed E-state index contributed by atoms with van der Waals surface area (Å²) in [4.78, 5) is 19.1. The molecule has 4 aromatic rings. The van der Waals surface area contributed by atoms with Gasteiger partial charge < -0.3 is 19.7 Å². The molecule has 1 unspecified atom stereocenters. The second-order valence-electron chi connectivity index (χ2n) is 9.65. The quantitative estimate of drug-likeness (QED) is 0.330. The van der Waals surface area contributed by atoms with Crippen molar-refractivity contribution in [3.05, 3.63) is 42.7 Å². The van der Waals surface area contributed by atoms with Gasteiger partial charge in [0.05, 0.1) is 12.7 Å². The Balaban J connectivity index is 1.29. The fourth-order valence-corrected chi connectivity index (χ4v) is 5.78. The number of hydrogen-bond acceptors (Lipinski definition) is 9. The number of hydrogen-bond donors (Lipinski definition) is 3. The van der Waals surface area contributed by atoms with Crippen LogP contribution in [-0.2, 0) is 14.5 Å². The van der Waals surface area contributed by atoms with Crippen molar-refractivity contribution in [1.29, 1.82) is 0 Å². The van der Waals surface area contributed by atoms with Crippen LogP contribution in [0.5, 0.6) is 5.88 Å². The molecular formula is C25H28N6O5S. The standard InChI is InChI=1S/C25H28N6O5S/c26-37(33,34)35-13-15-11-16(12-21(15)32)36-25-22-24(27-14-28-25)30-23(29-22)19-7-8-20(31-9-3-4-10-31)18-6-2-1-5-17(18)19/h1-2,5-8,14-16,21,32H,3-4,9-13H2,(H2,26,33,34)(H,27,28,29,30)/t15-,16?,21+/m1/s1. The topological polar surface area (TPSA) is 157 Å². The maximum atomic E-state index is 11.1. The normalized spacial score (nSPS) is 22.3. The summed E-state index contributed by atoms with van der Waals surface area (Å²) in [6.45, 7) is 1.93. The van der Waals surface area contributed by atoms with Crippen molar-refractivity contribution < 1.29 is 22.4 Å². The number of nitrogens with two attached hydrogens (primary N) is 1. The van der Waals surface area contributed by atoms with Gasteiger partial charge >= 0.3 is 10.3 Å². The maximum Gasteiger partial charge on any atom is 0.333 e. The predicted molar refractivity (Wildman–Crippen MR) is 138 cm³/mol. The summed E-state index contributed by atoms with van der Waals surface area (Å²) in [7, 11) is -4.08. The highest BCUT2D eigenvalue weighted by Gasteiger charge is 2.36. The van der Waals surface area contributed by atoms with E-state index in [4.69, 9.17) is 14.9 Å². The molecule has 12 heteroatoms. The molecule has 1 aliphatic heterocycles. The third-order valence-corrected chi connectivity index (χ3v) is 7.66. The Hall–Kier alpha value is -3.32. The summed E-state index contributed by atoms with van der Waals surface area (Å²) < 4.78 is 33.0. The second-order valence-corrected chi connectivity index (χ2v) is 10.9. The predicted octanol–water partition coefficient (Wildman–Crippen LogP) is 2.51. The van der Waals surface area contributed by atoms with E-state index in [1.807, 2.05) is 6.07 Å². The Kier molecular flexibility index (Phi) is 6.19. The van der Waals surface area contributed by atoms with Crippen LogP contribution in [0.2, 0.25) is 0 Å². The third-order valence-electron chi connectivity index (χ3n) is 7.20. The molecule has 0 radical (unpaired) electrons. The van der Waals surface area contributed by atoms with Crippen molar-refractivity contribution in [2.75, 3.05) is 24.6 Å². The minimum Gasteiger partial charge on any atom is -0.473 e. The molecule has 2 aliphatic rings. The molecule has 3 heterocycles. The van der Waals surface area contributed by atoms with Gasteiger partial charge in [-0.2, -0.15) is 13.4 Å². The van der Waals surface area contributed by atoms with Gasteiger partial charge in [-0.05, 0) is 36.8 Å². The molecule has 6 rings (SSSR count). The van der Waals surface area contributed by atoms with Gasteiger partial charge in [0.1, 0.15) is 23.8 Å². The van der Waals surface area contributed by atoms with E-state index in [1.165, 1.54) is 30.2 Å². The minimum atomic E-state index is -4.08. The first kappa shape index (κ1) is 24.0. The highest BCUT2D eigenvalue weighted by molar-refractivity contribution is 7.84. The van der Waals surface area contributed by atoms with E-state index in [9.17, 15) is 13.5 Å². The molecule has 0 amide bonds. The smallest absolute Gasteiger partial charge is 0.333 e. The zero-order chi connectivity index (χ0) is 25.6. The van der Waals surface area contributed by atoms with Crippen molar-refractivity contribution in [2.24, 2.45) is 11.1 Å². The monoisotopic (exact) mass is 524 g/mol. The van der Waals surface area contributed by atoms with E-state index in [1.54, 1.807) is 0 Å². The van der Waals surface area contributed by atoms with E-state index in [-0.39, 0.29) is 12.7 Å². The first-order chi connectivity index (χ1) is 17.9. The lowest BCUT2D eigenvalue weighted by Crippen LogP contribution is -2.24. The highest BCUT2D eigenvalue weighted by Crippen LogP contribution is 2.37. The number of aromatic nitrogens is 4. The summed E-state index contributed by atoms with van der Waals surface area (Å²) in [5.74, 6) is 0.570. The van der Waals surface area contributed by atoms with Crippen LogP contribution in [-0.4, -0.2) is 65.4 Å². The van der Waals surface area contributed by atoms with Crippen molar-refractivity contribution in [2.45, 2.75) is 37.9 Å². The van der Waals surface area contributed by atoms with Gasteiger partial charge in [0, 0.05) is 42.1 Å². The van der Waals surface area contributed by atoms with Crippen LogP contribution in [0.4, 0.5) is 5.69 Å². The molecule has 2 aromatic heterocycles. The highest BCUT2D eigenvalue weighted by atomic mass is 32.2. The lowest BCUT2D eigenvalue weighted by Gasteiger charge is -2.20. The van der Waals surface area contributed by atoms with Crippen molar-refractivity contribution in [3.8, 4) is 17.3 Å². The molecular weight excluding hydrogens is 496 g/mol. The van der Waals surface area contributed by atoms with Gasteiger partial charge in [-0.25, -0.2) is 15.1 Å². The summed E-state index contributed by atoms with van der Waals surface area (Å²) in [5, 5.41) is 17.5. The van der Waals surface area contributed by atoms with E-state index >= 15 is 0 Å². The average Bonchev–Trinajstić information content (AvgIpc) is 3.62. The van der Waals surface area contributed by atoms with Gasteiger partial charge in [0.2, 0.25) is 5.88 Å². The number of benzene rings is 2. The molecule has 11 nitrogen and oxygen atoms in total. The number of fused-ring (bicyclic) bond motifs is 2. The van der Waals surface area contributed by atoms with Crippen LogP contribution >= 0.6 is 0 Å². The molecule has 3 atom stereocenters. The SMILES string of the molecule is NS(=O)(=O)OC[C@H]1CC(Oc2ncnc3nc(-c4ccc(N5CCCC5)c5ccccc45)[nH]c23)C[C@@H]1O. The molecule has 0 bridgehead atoms. The largest absolute Gasteiger partial charge is 0.473 e. The summed E-state index contributed by atoms with van der Waals surface area (Å²) >= 11 is 0. The first-order valence-electron chi connectivity index (χ1n) is 12.4. The van der Waals surface area contributed by atoms with Gasteiger partial charge in [0.25, 0.3) is 0 Å². The lowest BCUT2D eigenvalue weighted by atomic mass is 10.0. The van der Waals surface area contributed by atoms with E-state index in [0.29, 0.717) is 35.7 Å². The average molecular weight is 525 g/mol. The third kappa shape index (κ3) is 4.85. The zero-order valence-electron chi connectivity index (χ0n) is 20.1. The maximum absolute atomic E-state index is 11.1. The Bertz CT molecular complexity index is 1550. The van der Waals surface area contributed by atoms with Crippen LogP contribution in [0.1, 0.15) is 25.7 Å².